The number of rotatable bonds is 46. The predicted octanol–water partition coefficient (Wildman–Crippen LogP) is 16.8. The molecule has 0 aliphatic heterocycles. The molecule has 0 aromatic carbocycles. The molecule has 0 heterocycles. The van der Waals surface area contributed by atoms with Gasteiger partial charge in [0.15, 0.2) is 6.10 Å². The number of esters is 2. The molecule has 5 heteroatoms. The van der Waals surface area contributed by atoms with Crippen LogP contribution in [-0.2, 0) is 23.8 Å². The summed E-state index contributed by atoms with van der Waals surface area (Å²) in [6.07, 6.45) is 59.7. The van der Waals surface area contributed by atoms with Crippen molar-refractivity contribution in [2.75, 3.05) is 19.8 Å². The van der Waals surface area contributed by atoms with Crippen molar-refractivity contribution in [1.82, 2.24) is 0 Å². The average Bonchev–Trinajstić information content (AvgIpc) is 3.22. The molecule has 5 nitrogen and oxygen atoms in total. The lowest BCUT2D eigenvalue weighted by atomic mass is 10.0. The van der Waals surface area contributed by atoms with Crippen molar-refractivity contribution in [1.29, 1.82) is 0 Å². The first-order valence-electron chi connectivity index (χ1n) is 25.2. The van der Waals surface area contributed by atoms with Crippen LogP contribution in [0.4, 0.5) is 0 Å². The van der Waals surface area contributed by atoms with E-state index in [9.17, 15) is 9.59 Å². The number of unbranched alkanes of at least 4 members (excludes halogenated alkanes) is 27. The largest absolute Gasteiger partial charge is 0.462 e. The minimum Gasteiger partial charge on any atom is -0.462 e. The molecule has 0 bridgehead atoms. The van der Waals surface area contributed by atoms with Gasteiger partial charge in [0.25, 0.3) is 0 Å². The van der Waals surface area contributed by atoms with Crippen molar-refractivity contribution in [2.24, 2.45) is 0 Å². The summed E-state index contributed by atoms with van der Waals surface area (Å²) < 4.78 is 17.4. The highest BCUT2D eigenvalue weighted by molar-refractivity contribution is 5.70. The van der Waals surface area contributed by atoms with Gasteiger partial charge in [-0.2, -0.15) is 0 Å². The summed E-state index contributed by atoms with van der Waals surface area (Å²) in [6, 6.07) is 0. The molecule has 0 N–H and O–H groups in total. The van der Waals surface area contributed by atoms with E-state index in [2.05, 4.69) is 69.4 Å². The zero-order chi connectivity index (χ0) is 42.1. The molecule has 0 aromatic rings. The average molecular weight is 813 g/mol. The number of hydrogen-bond acceptors (Lipinski definition) is 5. The molecule has 0 saturated heterocycles. The van der Waals surface area contributed by atoms with Crippen molar-refractivity contribution in [3.05, 3.63) is 48.6 Å². The van der Waals surface area contributed by atoms with E-state index in [-0.39, 0.29) is 25.2 Å². The van der Waals surface area contributed by atoms with Gasteiger partial charge in [0.05, 0.1) is 6.61 Å². The SMILES string of the molecule is CC/C=C\C/C=C\C/C=C\CCCCCC(=O)OC(COCCCCCCCC/C=C\CCCCCC)COC(=O)CCCCCCCCCCCCCCCCC. The Morgan fingerprint density at radius 1 is 0.397 bits per heavy atom. The number of allylic oxidation sites excluding steroid dienone is 8. The third-order valence-electron chi connectivity index (χ3n) is 10.8. The van der Waals surface area contributed by atoms with Crippen LogP contribution in [0.1, 0.15) is 252 Å². The molecule has 0 aliphatic rings. The number of carbonyl (C=O) groups is 2. The van der Waals surface area contributed by atoms with Gasteiger partial charge >= 0.3 is 11.9 Å². The second-order valence-electron chi connectivity index (χ2n) is 16.7. The Morgan fingerprint density at radius 3 is 1.29 bits per heavy atom. The molecule has 0 spiro atoms. The quantitative estimate of drug-likeness (QED) is 0.0348. The number of carbonyl (C=O) groups excluding carboxylic acids is 2. The zero-order valence-electron chi connectivity index (χ0n) is 38.8. The van der Waals surface area contributed by atoms with Gasteiger partial charge in [0.2, 0.25) is 0 Å². The Kier molecular flexibility index (Phi) is 47.4. The van der Waals surface area contributed by atoms with Gasteiger partial charge in [-0.05, 0) is 77.0 Å². The molecule has 0 fully saturated rings. The Labute approximate surface area is 361 Å². The fraction of sp³-hybridized carbons (Fsp3) is 0.811. The van der Waals surface area contributed by atoms with Gasteiger partial charge in [-0.25, -0.2) is 0 Å². The van der Waals surface area contributed by atoms with Gasteiger partial charge in [-0.15, -0.1) is 0 Å². The molecule has 0 saturated carbocycles. The molecular formula is C53H96O5. The monoisotopic (exact) mass is 813 g/mol. The van der Waals surface area contributed by atoms with Gasteiger partial charge in [0.1, 0.15) is 6.61 Å². The number of hydrogen-bond donors (Lipinski definition) is 0. The molecular weight excluding hydrogens is 717 g/mol. The summed E-state index contributed by atoms with van der Waals surface area (Å²) in [7, 11) is 0. The van der Waals surface area contributed by atoms with Gasteiger partial charge in [0, 0.05) is 19.4 Å². The molecule has 0 aliphatic carbocycles. The molecule has 0 amide bonds. The standard InChI is InChI=1S/C53H96O5/c1-4-7-10-13-16-19-22-25-27-29-31-34-37-40-43-46-52(54)57-50-51(49-56-48-45-42-39-36-33-30-26-23-20-17-14-11-8-5-2)58-53(55)47-44-41-38-35-32-28-24-21-18-15-12-9-6-3/h9,12,18,20-21,23,28,32,51H,4-8,10-11,13-17,19,22,24-27,29-31,33-50H2,1-3H3/b12-9-,21-18-,23-20-,32-28-. The van der Waals surface area contributed by atoms with E-state index in [1.807, 2.05) is 0 Å². The Morgan fingerprint density at radius 2 is 0.776 bits per heavy atom. The molecule has 1 atom stereocenters. The second kappa shape index (κ2) is 49.2. The summed E-state index contributed by atoms with van der Waals surface area (Å²) in [6.45, 7) is 7.68. The molecule has 0 rings (SSSR count). The maximum Gasteiger partial charge on any atom is 0.306 e. The zero-order valence-corrected chi connectivity index (χ0v) is 38.8. The van der Waals surface area contributed by atoms with Crippen molar-refractivity contribution in [2.45, 2.75) is 258 Å². The summed E-state index contributed by atoms with van der Waals surface area (Å²) in [5.74, 6) is -0.425. The molecule has 0 radical (unpaired) electrons. The normalized spacial score (nSPS) is 12.5. The topological polar surface area (TPSA) is 61.8 Å². The molecule has 58 heavy (non-hydrogen) atoms. The second-order valence-corrected chi connectivity index (χ2v) is 16.7. The Hall–Kier alpha value is -2.14. The van der Waals surface area contributed by atoms with Crippen LogP contribution in [0.3, 0.4) is 0 Å². The van der Waals surface area contributed by atoms with E-state index in [0.717, 1.165) is 70.6 Å². The lowest BCUT2D eigenvalue weighted by molar-refractivity contribution is -0.163. The third kappa shape index (κ3) is 46.5. The van der Waals surface area contributed by atoms with Crippen molar-refractivity contribution >= 4 is 11.9 Å². The third-order valence-corrected chi connectivity index (χ3v) is 10.8. The van der Waals surface area contributed by atoms with Gasteiger partial charge in [-0.3, -0.25) is 9.59 Å². The van der Waals surface area contributed by atoms with E-state index in [1.165, 1.54) is 148 Å². The van der Waals surface area contributed by atoms with Crippen molar-refractivity contribution < 1.29 is 23.8 Å². The predicted molar refractivity (Wildman–Crippen MR) is 251 cm³/mol. The summed E-state index contributed by atoms with van der Waals surface area (Å²) >= 11 is 0. The maximum atomic E-state index is 12.8. The van der Waals surface area contributed by atoms with E-state index >= 15 is 0 Å². The van der Waals surface area contributed by atoms with E-state index in [1.54, 1.807) is 0 Å². The maximum absolute atomic E-state index is 12.8. The van der Waals surface area contributed by atoms with E-state index in [4.69, 9.17) is 14.2 Å². The van der Waals surface area contributed by atoms with Crippen LogP contribution < -0.4 is 0 Å². The first kappa shape index (κ1) is 55.9. The summed E-state index contributed by atoms with van der Waals surface area (Å²) in [5.41, 5.74) is 0. The smallest absolute Gasteiger partial charge is 0.306 e. The van der Waals surface area contributed by atoms with Crippen LogP contribution >= 0.6 is 0 Å². The van der Waals surface area contributed by atoms with Crippen LogP contribution in [0, 0.1) is 0 Å². The van der Waals surface area contributed by atoms with Crippen LogP contribution in [0.25, 0.3) is 0 Å². The Balaban J connectivity index is 4.28. The van der Waals surface area contributed by atoms with Gasteiger partial charge < -0.3 is 14.2 Å². The summed E-state index contributed by atoms with van der Waals surface area (Å²) in [4.78, 5) is 25.3. The number of ether oxygens (including phenoxy) is 3. The first-order chi connectivity index (χ1) is 28.6. The van der Waals surface area contributed by atoms with E-state index in [0.29, 0.717) is 19.4 Å². The lowest BCUT2D eigenvalue weighted by Gasteiger charge is -2.18. The van der Waals surface area contributed by atoms with E-state index < -0.39 is 6.10 Å². The fourth-order valence-corrected chi connectivity index (χ4v) is 7.11. The van der Waals surface area contributed by atoms with Gasteiger partial charge in [-0.1, -0.05) is 211 Å². The van der Waals surface area contributed by atoms with Crippen LogP contribution in [0.15, 0.2) is 48.6 Å². The van der Waals surface area contributed by atoms with Crippen LogP contribution in [-0.4, -0.2) is 37.9 Å². The lowest BCUT2D eigenvalue weighted by Crippen LogP contribution is -2.30. The minimum absolute atomic E-state index is 0.0740. The summed E-state index contributed by atoms with van der Waals surface area (Å²) in [5, 5.41) is 0. The van der Waals surface area contributed by atoms with Crippen LogP contribution in [0.5, 0.6) is 0 Å². The molecule has 0 aromatic heterocycles. The minimum atomic E-state index is -0.550. The van der Waals surface area contributed by atoms with Crippen molar-refractivity contribution in [3.8, 4) is 0 Å². The fourth-order valence-electron chi connectivity index (χ4n) is 7.11. The Bertz CT molecular complexity index is 966. The van der Waals surface area contributed by atoms with Crippen LogP contribution in [0.2, 0.25) is 0 Å². The first-order valence-corrected chi connectivity index (χ1v) is 25.2. The highest BCUT2D eigenvalue weighted by atomic mass is 16.6. The molecule has 338 valence electrons. The molecule has 1 unspecified atom stereocenters. The highest BCUT2D eigenvalue weighted by Crippen LogP contribution is 2.15. The van der Waals surface area contributed by atoms with Crippen molar-refractivity contribution in [3.63, 3.8) is 0 Å². The highest BCUT2D eigenvalue weighted by Gasteiger charge is 2.17.